The Morgan fingerprint density at radius 2 is 2.00 bits per heavy atom. The molecular weight excluding hydrogens is 216 g/mol. The third kappa shape index (κ3) is 6.03. The van der Waals surface area contributed by atoms with E-state index in [0.29, 0.717) is 18.8 Å². The quantitative estimate of drug-likeness (QED) is 0.650. The van der Waals surface area contributed by atoms with Crippen LogP contribution in [0.5, 0.6) is 0 Å². The van der Waals surface area contributed by atoms with Gasteiger partial charge in [-0.1, -0.05) is 27.7 Å². The van der Waals surface area contributed by atoms with Crippen LogP contribution in [0.25, 0.3) is 0 Å². The Balaban J connectivity index is 4.06. The van der Waals surface area contributed by atoms with E-state index in [1.165, 1.54) is 0 Å². The molecule has 102 valence electrons. The largest absolute Gasteiger partial charge is 0.480 e. The molecule has 0 aliphatic rings. The summed E-state index contributed by atoms with van der Waals surface area (Å²) in [5.41, 5.74) is 4.81. The summed E-state index contributed by atoms with van der Waals surface area (Å²) in [6.45, 7) is 11.4. The van der Waals surface area contributed by atoms with E-state index in [0.717, 1.165) is 26.1 Å². The molecule has 0 radical (unpaired) electrons. The van der Waals surface area contributed by atoms with Gasteiger partial charge in [-0.05, 0) is 38.3 Å². The standard InChI is InChI=1S/C13H28N2O2/c1-5-13(14,12(16)17)8-7-9-15(6-2)10-11(3)4/h11H,5-10,14H2,1-4H3,(H,16,17). The summed E-state index contributed by atoms with van der Waals surface area (Å²) in [6.07, 6.45) is 1.88. The molecular formula is C13H28N2O2. The normalized spacial score (nSPS) is 15.2. The minimum atomic E-state index is -1.04. The molecule has 0 aromatic rings. The van der Waals surface area contributed by atoms with Gasteiger partial charge in [0.2, 0.25) is 0 Å². The Hall–Kier alpha value is -0.610. The number of rotatable bonds is 9. The molecule has 0 spiro atoms. The maximum absolute atomic E-state index is 11.0. The molecule has 1 atom stereocenters. The molecule has 0 saturated heterocycles. The first-order valence-electron chi connectivity index (χ1n) is 6.60. The van der Waals surface area contributed by atoms with Gasteiger partial charge in [0, 0.05) is 6.54 Å². The lowest BCUT2D eigenvalue weighted by atomic mass is 9.91. The summed E-state index contributed by atoms with van der Waals surface area (Å²) < 4.78 is 0. The number of aliphatic carboxylic acids is 1. The fourth-order valence-corrected chi connectivity index (χ4v) is 1.95. The van der Waals surface area contributed by atoms with Gasteiger partial charge in [0.05, 0.1) is 0 Å². The highest BCUT2D eigenvalue weighted by molar-refractivity contribution is 5.78. The Bertz CT molecular complexity index is 231. The second-order valence-corrected chi connectivity index (χ2v) is 5.21. The van der Waals surface area contributed by atoms with Crippen molar-refractivity contribution in [2.45, 2.75) is 52.5 Å². The topological polar surface area (TPSA) is 66.6 Å². The lowest BCUT2D eigenvalue weighted by Gasteiger charge is -2.26. The lowest BCUT2D eigenvalue weighted by molar-refractivity contribution is -0.143. The SMILES string of the molecule is CCN(CCCC(N)(CC)C(=O)O)CC(C)C. The van der Waals surface area contributed by atoms with E-state index in [4.69, 9.17) is 10.8 Å². The molecule has 0 aromatic heterocycles. The zero-order chi connectivity index (χ0) is 13.5. The summed E-state index contributed by atoms with van der Waals surface area (Å²) in [4.78, 5) is 13.4. The van der Waals surface area contributed by atoms with E-state index in [1.807, 2.05) is 6.92 Å². The highest BCUT2D eigenvalue weighted by Gasteiger charge is 2.31. The Morgan fingerprint density at radius 3 is 2.35 bits per heavy atom. The van der Waals surface area contributed by atoms with Crippen LogP contribution in [0, 0.1) is 5.92 Å². The van der Waals surface area contributed by atoms with E-state index < -0.39 is 11.5 Å². The van der Waals surface area contributed by atoms with Gasteiger partial charge in [-0.25, -0.2) is 0 Å². The van der Waals surface area contributed by atoms with Crippen molar-refractivity contribution in [1.29, 1.82) is 0 Å². The van der Waals surface area contributed by atoms with E-state index in [1.54, 1.807) is 0 Å². The van der Waals surface area contributed by atoms with Crippen molar-refractivity contribution in [1.82, 2.24) is 4.90 Å². The Kier molecular flexibility index (Phi) is 7.39. The molecule has 0 fully saturated rings. The monoisotopic (exact) mass is 244 g/mol. The predicted molar refractivity (Wildman–Crippen MR) is 71.0 cm³/mol. The number of nitrogens with two attached hydrogens (primary N) is 1. The molecule has 0 aromatic carbocycles. The molecule has 0 rings (SSSR count). The summed E-state index contributed by atoms with van der Waals surface area (Å²) in [6, 6.07) is 0. The van der Waals surface area contributed by atoms with Crippen molar-refractivity contribution in [2.75, 3.05) is 19.6 Å². The fraction of sp³-hybridized carbons (Fsp3) is 0.923. The molecule has 0 aliphatic carbocycles. The van der Waals surface area contributed by atoms with Gasteiger partial charge in [0.15, 0.2) is 0 Å². The molecule has 0 aliphatic heterocycles. The fourth-order valence-electron chi connectivity index (χ4n) is 1.95. The Labute approximate surface area is 105 Å². The summed E-state index contributed by atoms with van der Waals surface area (Å²) in [7, 11) is 0. The first-order valence-corrected chi connectivity index (χ1v) is 6.60. The highest BCUT2D eigenvalue weighted by Crippen LogP contribution is 2.15. The van der Waals surface area contributed by atoms with Crippen molar-refractivity contribution < 1.29 is 9.90 Å². The van der Waals surface area contributed by atoms with Crippen LogP contribution in [0.15, 0.2) is 0 Å². The number of hydrogen-bond donors (Lipinski definition) is 2. The van der Waals surface area contributed by atoms with Gasteiger partial charge in [-0.3, -0.25) is 4.79 Å². The lowest BCUT2D eigenvalue weighted by Crippen LogP contribution is -2.47. The molecule has 0 amide bonds. The number of carbonyl (C=O) groups is 1. The average molecular weight is 244 g/mol. The zero-order valence-corrected chi connectivity index (χ0v) is 11.7. The van der Waals surface area contributed by atoms with Crippen LogP contribution in [0.4, 0.5) is 0 Å². The van der Waals surface area contributed by atoms with Crippen LogP contribution >= 0.6 is 0 Å². The number of hydrogen-bond acceptors (Lipinski definition) is 3. The highest BCUT2D eigenvalue weighted by atomic mass is 16.4. The Morgan fingerprint density at radius 1 is 1.41 bits per heavy atom. The van der Waals surface area contributed by atoms with Crippen LogP contribution in [-0.4, -0.2) is 41.1 Å². The van der Waals surface area contributed by atoms with E-state index >= 15 is 0 Å². The van der Waals surface area contributed by atoms with Gasteiger partial charge in [-0.15, -0.1) is 0 Å². The minimum Gasteiger partial charge on any atom is -0.480 e. The first-order chi connectivity index (χ1) is 7.85. The number of carboxylic acids is 1. The smallest absolute Gasteiger partial charge is 0.323 e. The third-order valence-electron chi connectivity index (χ3n) is 3.22. The van der Waals surface area contributed by atoms with Crippen LogP contribution in [0.1, 0.15) is 47.0 Å². The van der Waals surface area contributed by atoms with Crippen LogP contribution < -0.4 is 5.73 Å². The molecule has 0 heterocycles. The zero-order valence-electron chi connectivity index (χ0n) is 11.7. The molecule has 0 saturated carbocycles. The van der Waals surface area contributed by atoms with Gasteiger partial charge in [-0.2, -0.15) is 0 Å². The van der Waals surface area contributed by atoms with Gasteiger partial charge < -0.3 is 15.7 Å². The van der Waals surface area contributed by atoms with Crippen LogP contribution in [0.3, 0.4) is 0 Å². The number of nitrogens with zero attached hydrogens (tertiary/aromatic N) is 1. The van der Waals surface area contributed by atoms with Crippen molar-refractivity contribution >= 4 is 5.97 Å². The molecule has 0 bridgehead atoms. The maximum Gasteiger partial charge on any atom is 0.323 e. The molecule has 1 unspecified atom stereocenters. The predicted octanol–water partition coefficient (Wildman–Crippen LogP) is 1.94. The van der Waals surface area contributed by atoms with Gasteiger partial charge >= 0.3 is 5.97 Å². The maximum atomic E-state index is 11.0. The second-order valence-electron chi connectivity index (χ2n) is 5.21. The summed E-state index contributed by atoms with van der Waals surface area (Å²) in [5.74, 6) is -0.241. The first kappa shape index (κ1) is 16.4. The van der Waals surface area contributed by atoms with E-state index in [2.05, 4.69) is 25.7 Å². The van der Waals surface area contributed by atoms with Crippen molar-refractivity contribution in [3.8, 4) is 0 Å². The molecule has 17 heavy (non-hydrogen) atoms. The summed E-state index contributed by atoms with van der Waals surface area (Å²) in [5, 5.41) is 9.06. The molecule has 3 N–H and O–H groups in total. The van der Waals surface area contributed by atoms with E-state index in [-0.39, 0.29) is 0 Å². The average Bonchev–Trinajstić information content (AvgIpc) is 2.26. The molecule has 4 nitrogen and oxygen atoms in total. The van der Waals surface area contributed by atoms with Crippen molar-refractivity contribution in [2.24, 2.45) is 11.7 Å². The van der Waals surface area contributed by atoms with Crippen molar-refractivity contribution in [3.63, 3.8) is 0 Å². The minimum absolute atomic E-state index is 0.485. The van der Waals surface area contributed by atoms with Gasteiger partial charge in [0.1, 0.15) is 5.54 Å². The third-order valence-corrected chi connectivity index (χ3v) is 3.22. The second kappa shape index (κ2) is 7.67. The van der Waals surface area contributed by atoms with Gasteiger partial charge in [0.25, 0.3) is 0 Å². The summed E-state index contributed by atoms with van der Waals surface area (Å²) >= 11 is 0. The van der Waals surface area contributed by atoms with Crippen LogP contribution in [0.2, 0.25) is 0 Å². The van der Waals surface area contributed by atoms with Crippen LogP contribution in [-0.2, 0) is 4.79 Å². The number of carboxylic acid groups (broad SMARTS) is 1. The molecule has 4 heteroatoms. The van der Waals surface area contributed by atoms with E-state index in [9.17, 15) is 4.79 Å². The van der Waals surface area contributed by atoms with Crippen molar-refractivity contribution in [3.05, 3.63) is 0 Å².